The van der Waals surface area contributed by atoms with E-state index in [2.05, 4.69) is 0 Å². The minimum atomic E-state index is -5.01. The minimum absolute atomic E-state index is 0.0300. The van der Waals surface area contributed by atoms with Gasteiger partial charge in [0.1, 0.15) is 36.9 Å². The zero-order valence-corrected chi connectivity index (χ0v) is 34.0. The van der Waals surface area contributed by atoms with Crippen LogP contribution >= 0.6 is 7.82 Å². The van der Waals surface area contributed by atoms with Crippen LogP contribution in [0.1, 0.15) is 41.5 Å². The fourth-order valence-electron chi connectivity index (χ4n) is 5.91. The number of primary amides is 1. The normalized spacial score (nSPS) is 26.2. The third-order valence-electron chi connectivity index (χ3n) is 7.99. The molecular formula is C37H44NO21P. The van der Waals surface area contributed by atoms with Crippen molar-refractivity contribution in [3.05, 3.63) is 60.7 Å². The predicted molar refractivity (Wildman–Crippen MR) is 195 cm³/mol. The highest BCUT2D eigenvalue weighted by atomic mass is 31.2. The van der Waals surface area contributed by atoms with Crippen molar-refractivity contribution in [2.24, 2.45) is 5.73 Å². The first-order valence-corrected chi connectivity index (χ1v) is 19.5. The van der Waals surface area contributed by atoms with Crippen LogP contribution in [0.15, 0.2) is 60.7 Å². The van der Waals surface area contributed by atoms with Crippen LogP contribution in [0.2, 0.25) is 0 Å². The van der Waals surface area contributed by atoms with Gasteiger partial charge in [0, 0.05) is 41.5 Å². The second kappa shape index (κ2) is 21.5. The maximum atomic E-state index is 14.8. The second-order valence-corrected chi connectivity index (χ2v) is 14.3. The van der Waals surface area contributed by atoms with Crippen LogP contribution in [0.25, 0.3) is 0 Å². The lowest BCUT2D eigenvalue weighted by molar-refractivity contribution is -0.359. The van der Waals surface area contributed by atoms with Crippen molar-refractivity contribution >= 4 is 49.7 Å². The number of hydrogen-bond donors (Lipinski definition) is 1. The van der Waals surface area contributed by atoms with Crippen molar-refractivity contribution in [2.45, 2.75) is 103 Å². The molecule has 0 radical (unpaired) electrons. The van der Waals surface area contributed by atoms with Crippen molar-refractivity contribution in [1.82, 2.24) is 0 Å². The summed E-state index contributed by atoms with van der Waals surface area (Å²) in [6.45, 7) is 4.67. The van der Waals surface area contributed by atoms with E-state index in [1.54, 1.807) is 36.4 Å². The summed E-state index contributed by atoms with van der Waals surface area (Å²) in [6, 6.07) is 15.2. The molecule has 0 spiro atoms. The van der Waals surface area contributed by atoms with Gasteiger partial charge in [0.2, 0.25) is 6.29 Å². The molecule has 0 saturated carbocycles. The Bertz CT molecular complexity index is 1830. The first-order valence-electron chi connectivity index (χ1n) is 18.0. The molecule has 0 bridgehead atoms. The highest BCUT2D eigenvalue weighted by molar-refractivity contribution is 7.49. The maximum absolute atomic E-state index is 14.8. The molecule has 2 aliphatic rings. The Labute approximate surface area is 342 Å². The molecule has 0 unspecified atom stereocenters. The average Bonchev–Trinajstić information content (AvgIpc) is 3.14. The quantitative estimate of drug-likeness (QED) is 0.136. The molecule has 60 heavy (non-hydrogen) atoms. The highest BCUT2D eigenvalue weighted by Gasteiger charge is 2.59. The molecule has 2 fully saturated rings. The summed E-state index contributed by atoms with van der Waals surface area (Å²) < 4.78 is 88.5. The number of esters is 6. The molecule has 2 N–H and O–H groups in total. The molecule has 2 aromatic rings. The van der Waals surface area contributed by atoms with Gasteiger partial charge in [0.05, 0.1) is 0 Å². The zero-order chi connectivity index (χ0) is 44.1. The van der Waals surface area contributed by atoms with Crippen LogP contribution < -0.4 is 14.8 Å². The lowest BCUT2D eigenvalue weighted by atomic mass is 9.96. The number of rotatable bonds is 17. The lowest BCUT2D eigenvalue weighted by Gasteiger charge is -2.48. The molecular weight excluding hydrogens is 825 g/mol. The summed E-state index contributed by atoms with van der Waals surface area (Å²) in [5, 5.41) is 0. The van der Waals surface area contributed by atoms with Crippen molar-refractivity contribution < 1.29 is 99.1 Å². The van der Waals surface area contributed by atoms with Crippen LogP contribution in [0.3, 0.4) is 0 Å². The van der Waals surface area contributed by atoms with Crippen LogP contribution in [-0.4, -0.2) is 117 Å². The molecule has 2 saturated heterocycles. The molecule has 0 aromatic heterocycles. The average molecular weight is 870 g/mol. The summed E-state index contributed by atoms with van der Waals surface area (Å²) in [5.74, 6) is -5.65. The molecule has 0 aliphatic carbocycles. The maximum Gasteiger partial charge on any atom is 0.590 e. The topological polar surface area (TPSA) is 283 Å². The van der Waals surface area contributed by atoms with Gasteiger partial charge in [-0.05, 0) is 24.3 Å². The molecule has 1 amide bonds. The molecule has 22 nitrogen and oxygen atoms in total. The number of nitrogens with two attached hydrogens (primary N) is 1. The van der Waals surface area contributed by atoms with Gasteiger partial charge in [-0.3, -0.25) is 28.8 Å². The zero-order valence-electron chi connectivity index (χ0n) is 33.1. The van der Waals surface area contributed by atoms with Gasteiger partial charge in [-0.2, -0.15) is 0 Å². The SMILES string of the molecule is CC(=O)OC[C@@H]1O[C@H](OP(=O)(Oc2ccccc2)Oc2ccccc2)[C@@H](O[C@H]2O[C@H](COC(C)=O)[C@@H](OC(C)=O)[C@@H](OC(N)=O)[C@@H]2OC(C)=O)[C@@H](OC(C)=O)[C@@H]1OC(C)=O. The van der Waals surface area contributed by atoms with E-state index in [1.165, 1.54) is 24.3 Å². The third kappa shape index (κ3) is 13.9. The Morgan fingerprint density at radius 3 is 1.30 bits per heavy atom. The number of phosphoric ester groups is 1. The molecule has 23 heteroatoms. The minimum Gasteiger partial charge on any atom is -0.463 e. The number of hydrogen-bond acceptors (Lipinski definition) is 21. The fraction of sp³-hybridized carbons (Fsp3) is 0.486. The standard InChI is InChI=1S/C37H44NO21P/c1-19(39)47-17-27-30(50-22(4)42)32(56-37(38)45)33(52-24(6)44)35(53-27)55-34-31(51-23(5)43)29(49-21(3)41)28(18-48-20(2)40)54-36(34)59-60(46,57-25-13-9-7-10-14-25)58-26-15-11-8-12-16-26/h7-16,27-36H,17-18H2,1-6H3,(H2,38,45)/t27-,28+,29-,30-,31+,32-,33+,34+,35-,36-/m1/s1. The van der Waals surface area contributed by atoms with E-state index in [-0.39, 0.29) is 11.5 Å². The number of para-hydroxylation sites is 2. The first kappa shape index (κ1) is 46.9. The monoisotopic (exact) mass is 869 g/mol. The van der Waals surface area contributed by atoms with E-state index in [9.17, 15) is 38.1 Å². The Kier molecular flexibility index (Phi) is 16.8. The van der Waals surface area contributed by atoms with Gasteiger partial charge in [-0.15, -0.1) is 0 Å². The van der Waals surface area contributed by atoms with E-state index in [0.29, 0.717) is 0 Å². The lowest BCUT2D eigenvalue weighted by Crippen LogP contribution is -2.67. The molecule has 4 rings (SSSR count). The molecule has 10 atom stereocenters. The Hall–Kier alpha value is -5.80. The van der Waals surface area contributed by atoms with Crippen LogP contribution in [-0.2, 0) is 85.2 Å². The molecule has 2 aromatic carbocycles. The number of amides is 1. The highest BCUT2D eigenvalue weighted by Crippen LogP contribution is 2.52. The van der Waals surface area contributed by atoms with E-state index < -0.39 is 124 Å². The van der Waals surface area contributed by atoms with Crippen LogP contribution in [0.4, 0.5) is 4.79 Å². The molecule has 328 valence electrons. The van der Waals surface area contributed by atoms with Gasteiger partial charge < -0.3 is 62.1 Å². The Morgan fingerprint density at radius 2 is 0.900 bits per heavy atom. The van der Waals surface area contributed by atoms with Crippen molar-refractivity contribution in [1.29, 1.82) is 0 Å². The summed E-state index contributed by atoms with van der Waals surface area (Å²) in [5.41, 5.74) is 5.38. The van der Waals surface area contributed by atoms with E-state index in [0.717, 1.165) is 41.5 Å². The van der Waals surface area contributed by atoms with E-state index in [4.69, 9.17) is 66.7 Å². The summed E-state index contributed by atoms with van der Waals surface area (Å²) in [7, 11) is -5.01. The van der Waals surface area contributed by atoms with Gasteiger partial charge in [-0.1, -0.05) is 36.4 Å². The number of carbonyl (C=O) groups excluding carboxylic acids is 7. The van der Waals surface area contributed by atoms with Crippen molar-refractivity contribution in [2.75, 3.05) is 13.2 Å². The van der Waals surface area contributed by atoms with Crippen LogP contribution in [0.5, 0.6) is 11.5 Å². The van der Waals surface area contributed by atoms with Crippen molar-refractivity contribution in [3.8, 4) is 11.5 Å². The summed E-state index contributed by atoms with van der Waals surface area (Å²) in [6.07, 6.45) is -19.8. The Balaban J connectivity index is 1.92. The van der Waals surface area contributed by atoms with E-state index >= 15 is 0 Å². The van der Waals surface area contributed by atoms with Gasteiger partial charge in [-0.25, -0.2) is 13.9 Å². The molecule has 2 heterocycles. The number of carbonyl (C=O) groups is 7. The second-order valence-electron chi connectivity index (χ2n) is 12.9. The number of ether oxygens (including phenoxy) is 10. The third-order valence-corrected chi connectivity index (χ3v) is 9.32. The van der Waals surface area contributed by atoms with Gasteiger partial charge in [0.25, 0.3) is 0 Å². The van der Waals surface area contributed by atoms with Gasteiger partial charge >= 0.3 is 49.7 Å². The fourth-order valence-corrected chi connectivity index (χ4v) is 7.21. The molecule has 2 aliphatic heterocycles. The number of benzene rings is 2. The smallest absolute Gasteiger partial charge is 0.463 e. The summed E-state index contributed by atoms with van der Waals surface area (Å²) >= 11 is 0. The van der Waals surface area contributed by atoms with Gasteiger partial charge in [0.15, 0.2) is 42.9 Å². The first-order chi connectivity index (χ1) is 28.3. The number of phosphoric acid groups is 1. The largest absolute Gasteiger partial charge is 0.590 e. The van der Waals surface area contributed by atoms with Crippen LogP contribution in [0, 0.1) is 0 Å². The van der Waals surface area contributed by atoms with Crippen molar-refractivity contribution in [3.63, 3.8) is 0 Å². The summed E-state index contributed by atoms with van der Waals surface area (Å²) in [4.78, 5) is 86.4. The predicted octanol–water partition coefficient (Wildman–Crippen LogP) is 2.42. The Morgan fingerprint density at radius 1 is 0.517 bits per heavy atom. The van der Waals surface area contributed by atoms with E-state index in [1.807, 2.05) is 0 Å².